The van der Waals surface area contributed by atoms with Gasteiger partial charge in [0.2, 0.25) is 5.91 Å². The van der Waals surface area contributed by atoms with Crippen molar-refractivity contribution in [3.63, 3.8) is 0 Å². The fourth-order valence-corrected chi connectivity index (χ4v) is 3.48. The van der Waals surface area contributed by atoms with Gasteiger partial charge in [0.25, 0.3) is 0 Å². The number of rotatable bonds is 3. The van der Waals surface area contributed by atoms with Gasteiger partial charge in [-0.05, 0) is 45.3 Å². The Hall–Kier alpha value is -0.650. The van der Waals surface area contributed by atoms with Gasteiger partial charge in [-0.15, -0.1) is 0 Å². The molecule has 0 bridgehead atoms. The van der Waals surface area contributed by atoms with Crippen LogP contribution < -0.4 is 11.1 Å². The summed E-state index contributed by atoms with van der Waals surface area (Å²) in [6.45, 7) is 9.28. The molecule has 0 radical (unpaired) electrons. The Morgan fingerprint density at radius 3 is 2.74 bits per heavy atom. The van der Waals surface area contributed by atoms with Crippen LogP contribution in [0.1, 0.15) is 32.6 Å². The summed E-state index contributed by atoms with van der Waals surface area (Å²) in [4.78, 5) is 17.0. The van der Waals surface area contributed by atoms with E-state index in [-0.39, 0.29) is 5.91 Å². The quantitative estimate of drug-likeness (QED) is 0.757. The number of nitrogens with one attached hydrogen (secondary N) is 1. The maximum absolute atomic E-state index is 12.2. The number of hydrogen-bond acceptors (Lipinski definition) is 4. The number of carbonyl (C=O) groups excluding carboxylic acids is 1. The molecule has 2 saturated heterocycles. The van der Waals surface area contributed by atoms with Crippen molar-refractivity contribution < 1.29 is 4.79 Å². The monoisotopic (exact) mass is 268 g/mol. The first-order chi connectivity index (χ1) is 9.19. The Kier molecular flexibility index (Phi) is 5.19. The van der Waals surface area contributed by atoms with Crippen molar-refractivity contribution >= 4 is 5.91 Å². The number of nitrogens with two attached hydrogens (primary N) is 1. The Balaban J connectivity index is 2.14. The Morgan fingerprint density at radius 2 is 2.00 bits per heavy atom. The Bertz CT molecular complexity index is 302. The average Bonchev–Trinajstić information content (AvgIpc) is 2.79. The summed E-state index contributed by atoms with van der Waals surface area (Å²) >= 11 is 0. The van der Waals surface area contributed by atoms with Crippen LogP contribution >= 0.6 is 0 Å². The van der Waals surface area contributed by atoms with Crippen molar-refractivity contribution in [1.82, 2.24) is 15.1 Å². The summed E-state index contributed by atoms with van der Waals surface area (Å²) in [6.07, 6.45) is 3.97. The van der Waals surface area contributed by atoms with Gasteiger partial charge in [-0.25, -0.2) is 0 Å². The lowest BCUT2D eigenvalue weighted by atomic mass is 9.87. The SMILES string of the molecule is CCN1CCCC(C(N)=O)(N2CCCNCC2)CC1. The molecule has 0 saturated carbocycles. The molecule has 2 heterocycles. The molecule has 1 atom stereocenters. The van der Waals surface area contributed by atoms with Gasteiger partial charge >= 0.3 is 0 Å². The average molecular weight is 268 g/mol. The van der Waals surface area contributed by atoms with Gasteiger partial charge in [0.15, 0.2) is 0 Å². The summed E-state index contributed by atoms with van der Waals surface area (Å²) in [6, 6.07) is 0. The second kappa shape index (κ2) is 6.68. The van der Waals surface area contributed by atoms with Crippen molar-refractivity contribution in [3.05, 3.63) is 0 Å². The maximum atomic E-state index is 12.2. The van der Waals surface area contributed by atoms with Gasteiger partial charge < -0.3 is 16.0 Å². The van der Waals surface area contributed by atoms with Gasteiger partial charge in [-0.2, -0.15) is 0 Å². The van der Waals surface area contributed by atoms with E-state index < -0.39 is 5.54 Å². The molecular formula is C14H28N4O. The zero-order valence-electron chi connectivity index (χ0n) is 12.2. The van der Waals surface area contributed by atoms with Crippen LogP contribution in [0.25, 0.3) is 0 Å². The maximum Gasteiger partial charge on any atom is 0.238 e. The molecule has 0 spiro atoms. The first-order valence-electron chi connectivity index (χ1n) is 7.67. The lowest BCUT2D eigenvalue weighted by Gasteiger charge is -2.40. The lowest BCUT2D eigenvalue weighted by molar-refractivity contribution is -0.131. The van der Waals surface area contributed by atoms with Crippen LogP contribution in [0.2, 0.25) is 0 Å². The molecular weight excluding hydrogens is 240 g/mol. The molecule has 1 amide bonds. The molecule has 19 heavy (non-hydrogen) atoms. The van der Waals surface area contributed by atoms with Gasteiger partial charge in [0, 0.05) is 26.2 Å². The van der Waals surface area contributed by atoms with Crippen LogP contribution in [0.3, 0.4) is 0 Å². The molecule has 2 rings (SSSR count). The highest BCUT2D eigenvalue weighted by Gasteiger charge is 2.43. The van der Waals surface area contributed by atoms with Gasteiger partial charge in [-0.1, -0.05) is 6.92 Å². The van der Waals surface area contributed by atoms with Gasteiger partial charge in [0.1, 0.15) is 5.54 Å². The highest BCUT2D eigenvalue weighted by molar-refractivity contribution is 5.84. The van der Waals surface area contributed by atoms with E-state index in [1.54, 1.807) is 0 Å². The molecule has 5 heteroatoms. The standard InChI is InChI=1S/C14H28N4O/c1-2-17-9-3-5-14(6-11-17,13(15)19)18-10-4-7-16-8-12-18/h16H,2-12H2,1H3,(H2,15,19). The molecule has 0 aromatic carbocycles. The van der Waals surface area contributed by atoms with E-state index in [1.807, 2.05) is 0 Å². The molecule has 3 N–H and O–H groups in total. The molecule has 0 aromatic heterocycles. The minimum absolute atomic E-state index is 0.118. The van der Waals surface area contributed by atoms with Crippen LogP contribution in [-0.4, -0.2) is 67.1 Å². The molecule has 0 aliphatic carbocycles. The minimum Gasteiger partial charge on any atom is -0.368 e. The molecule has 2 aliphatic heterocycles. The number of hydrogen-bond donors (Lipinski definition) is 2. The molecule has 110 valence electrons. The molecule has 2 fully saturated rings. The smallest absolute Gasteiger partial charge is 0.238 e. The van der Waals surface area contributed by atoms with E-state index in [0.717, 1.165) is 71.5 Å². The number of primary amides is 1. The third kappa shape index (κ3) is 3.27. The largest absolute Gasteiger partial charge is 0.368 e. The van der Waals surface area contributed by atoms with E-state index in [0.29, 0.717) is 0 Å². The van der Waals surface area contributed by atoms with E-state index in [1.165, 1.54) is 0 Å². The van der Waals surface area contributed by atoms with Gasteiger partial charge in [-0.3, -0.25) is 9.69 Å². The zero-order valence-corrected chi connectivity index (χ0v) is 12.2. The Morgan fingerprint density at radius 1 is 1.16 bits per heavy atom. The predicted octanol–water partition coefficient (Wildman–Crippen LogP) is 0.0116. The molecule has 5 nitrogen and oxygen atoms in total. The third-order valence-corrected chi connectivity index (χ3v) is 4.76. The fourth-order valence-electron chi connectivity index (χ4n) is 3.48. The number of nitrogens with zero attached hydrogens (tertiary/aromatic N) is 2. The number of amides is 1. The van der Waals surface area contributed by atoms with E-state index in [2.05, 4.69) is 22.0 Å². The summed E-state index contributed by atoms with van der Waals surface area (Å²) in [5.74, 6) is -0.118. The van der Waals surface area contributed by atoms with Crippen LogP contribution in [-0.2, 0) is 4.79 Å². The van der Waals surface area contributed by atoms with Crippen LogP contribution in [0.15, 0.2) is 0 Å². The minimum atomic E-state index is -0.407. The fraction of sp³-hybridized carbons (Fsp3) is 0.929. The second-order valence-electron chi connectivity index (χ2n) is 5.77. The number of carbonyl (C=O) groups is 1. The molecule has 1 unspecified atom stereocenters. The topological polar surface area (TPSA) is 61.6 Å². The predicted molar refractivity (Wildman–Crippen MR) is 77.0 cm³/mol. The van der Waals surface area contributed by atoms with Gasteiger partial charge in [0.05, 0.1) is 0 Å². The van der Waals surface area contributed by atoms with E-state index in [9.17, 15) is 4.79 Å². The zero-order chi connectivity index (χ0) is 13.7. The van der Waals surface area contributed by atoms with E-state index >= 15 is 0 Å². The van der Waals surface area contributed by atoms with E-state index in [4.69, 9.17) is 5.73 Å². The highest BCUT2D eigenvalue weighted by atomic mass is 16.1. The third-order valence-electron chi connectivity index (χ3n) is 4.76. The second-order valence-corrected chi connectivity index (χ2v) is 5.77. The summed E-state index contributed by atoms with van der Waals surface area (Å²) < 4.78 is 0. The van der Waals surface area contributed by atoms with Crippen molar-refractivity contribution in [1.29, 1.82) is 0 Å². The summed E-state index contributed by atoms with van der Waals surface area (Å²) in [7, 11) is 0. The first kappa shape index (κ1) is 14.8. The molecule has 0 aromatic rings. The van der Waals surface area contributed by atoms with Crippen LogP contribution in [0.4, 0.5) is 0 Å². The van der Waals surface area contributed by atoms with Crippen molar-refractivity contribution in [3.8, 4) is 0 Å². The highest BCUT2D eigenvalue weighted by Crippen LogP contribution is 2.29. The van der Waals surface area contributed by atoms with Crippen LogP contribution in [0, 0.1) is 0 Å². The lowest BCUT2D eigenvalue weighted by Crippen LogP contribution is -2.58. The normalized spacial score (nSPS) is 31.6. The Labute approximate surface area is 116 Å². The van der Waals surface area contributed by atoms with Crippen molar-refractivity contribution in [2.24, 2.45) is 5.73 Å². The first-order valence-corrected chi connectivity index (χ1v) is 7.67. The number of likely N-dealkylation sites (tertiary alicyclic amines) is 1. The van der Waals surface area contributed by atoms with Crippen LogP contribution in [0.5, 0.6) is 0 Å². The summed E-state index contributed by atoms with van der Waals surface area (Å²) in [5, 5.41) is 3.40. The summed E-state index contributed by atoms with van der Waals surface area (Å²) in [5.41, 5.74) is 5.41. The van der Waals surface area contributed by atoms with Crippen molar-refractivity contribution in [2.75, 3.05) is 45.8 Å². The van der Waals surface area contributed by atoms with Crippen molar-refractivity contribution in [2.45, 2.75) is 38.1 Å². The molecule has 2 aliphatic rings.